The Bertz CT molecular complexity index is 690. The number of aliphatic hydroxyl groups excluding tert-OH is 1. The van der Waals surface area contributed by atoms with E-state index in [9.17, 15) is 5.11 Å². The molecule has 0 aliphatic rings. The van der Waals surface area contributed by atoms with Gasteiger partial charge in [-0.2, -0.15) is 0 Å². The van der Waals surface area contributed by atoms with Gasteiger partial charge < -0.3 is 5.11 Å². The minimum absolute atomic E-state index is 0.611. The molecule has 2 heterocycles. The Balaban J connectivity index is 2.14. The summed E-state index contributed by atoms with van der Waals surface area (Å²) in [6.07, 6.45) is 1.15. The second-order valence-corrected chi connectivity index (χ2v) is 6.29. The van der Waals surface area contributed by atoms with Gasteiger partial charge in [0.1, 0.15) is 6.10 Å². The number of aromatic nitrogens is 1. The number of halogens is 1. The van der Waals surface area contributed by atoms with Crippen LogP contribution in [0.5, 0.6) is 0 Å². The molecule has 18 heavy (non-hydrogen) atoms. The predicted molar refractivity (Wildman–Crippen MR) is 77.8 cm³/mol. The normalized spacial score (nSPS) is 12.8. The molecule has 1 N–H and O–H groups in total. The summed E-state index contributed by atoms with van der Waals surface area (Å²) in [6, 6.07) is 11.7. The molecule has 1 unspecified atom stereocenters. The van der Waals surface area contributed by atoms with E-state index in [-0.39, 0.29) is 0 Å². The Morgan fingerprint density at radius 3 is 2.89 bits per heavy atom. The first-order valence-electron chi connectivity index (χ1n) is 5.51. The fourth-order valence-corrected chi connectivity index (χ4v) is 3.21. The van der Waals surface area contributed by atoms with Crippen molar-refractivity contribution in [3.8, 4) is 0 Å². The van der Waals surface area contributed by atoms with Gasteiger partial charge in [0.2, 0.25) is 0 Å². The first-order chi connectivity index (χ1) is 8.75. The highest BCUT2D eigenvalue weighted by Crippen LogP contribution is 2.32. The standard InChI is InChI=1S/C14H10BrNOS/c15-13-7-9(8-18-13)14(17)11-3-1-5-12-10(11)4-2-6-16-12/h1-8,14,17H. The van der Waals surface area contributed by atoms with Crippen LogP contribution in [0, 0.1) is 0 Å². The van der Waals surface area contributed by atoms with Crippen LogP contribution in [0.25, 0.3) is 10.9 Å². The third kappa shape index (κ3) is 2.07. The van der Waals surface area contributed by atoms with Crippen molar-refractivity contribution in [2.75, 3.05) is 0 Å². The monoisotopic (exact) mass is 319 g/mol. The Kier molecular flexibility index (Phi) is 3.16. The van der Waals surface area contributed by atoms with Crippen LogP contribution >= 0.6 is 27.3 Å². The van der Waals surface area contributed by atoms with Gasteiger partial charge in [-0.25, -0.2) is 0 Å². The predicted octanol–water partition coefficient (Wildman–Crippen LogP) is 4.14. The minimum Gasteiger partial charge on any atom is -0.384 e. The molecule has 0 aliphatic carbocycles. The molecule has 0 saturated carbocycles. The van der Waals surface area contributed by atoms with Crippen LogP contribution in [0.1, 0.15) is 17.2 Å². The van der Waals surface area contributed by atoms with Crippen LogP contribution in [-0.4, -0.2) is 10.1 Å². The van der Waals surface area contributed by atoms with Crippen LogP contribution in [0.4, 0.5) is 0 Å². The van der Waals surface area contributed by atoms with Crippen molar-refractivity contribution in [2.24, 2.45) is 0 Å². The molecule has 0 aliphatic heterocycles. The van der Waals surface area contributed by atoms with E-state index < -0.39 is 6.10 Å². The summed E-state index contributed by atoms with van der Waals surface area (Å²) in [5.41, 5.74) is 2.71. The Morgan fingerprint density at radius 2 is 2.11 bits per heavy atom. The van der Waals surface area contributed by atoms with Crippen molar-refractivity contribution in [3.63, 3.8) is 0 Å². The highest BCUT2D eigenvalue weighted by molar-refractivity contribution is 9.11. The van der Waals surface area contributed by atoms with Crippen LogP contribution < -0.4 is 0 Å². The molecule has 1 atom stereocenters. The fraction of sp³-hybridized carbons (Fsp3) is 0.0714. The van der Waals surface area contributed by atoms with Crippen molar-refractivity contribution in [1.29, 1.82) is 0 Å². The third-order valence-electron chi connectivity index (χ3n) is 2.88. The number of hydrogen-bond acceptors (Lipinski definition) is 3. The van der Waals surface area contributed by atoms with Crippen LogP contribution in [-0.2, 0) is 0 Å². The average molecular weight is 320 g/mol. The number of rotatable bonds is 2. The molecule has 3 aromatic rings. The van der Waals surface area contributed by atoms with Gasteiger partial charge in [0.05, 0.1) is 9.30 Å². The zero-order valence-electron chi connectivity index (χ0n) is 9.38. The largest absolute Gasteiger partial charge is 0.384 e. The van der Waals surface area contributed by atoms with E-state index in [0.29, 0.717) is 0 Å². The molecule has 0 spiro atoms. The average Bonchev–Trinajstić information content (AvgIpc) is 2.84. The summed E-state index contributed by atoms with van der Waals surface area (Å²) in [5, 5.41) is 13.4. The van der Waals surface area contributed by atoms with E-state index in [4.69, 9.17) is 0 Å². The maximum atomic E-state index is 10.5. The van der Waals surface area contributed by atoms with Gasteiger partial charge in [-0.15, -0.1) is 11.3 Å². The highest BCUT2D eigenvalue weighted by Gasteiger charge is 2.14. The van der Waals surface area contributed by atoms with E-state index in [2.05, 4.69) is 20.9 Å². The second-order valence-electron chi connectivity index (χ2n) is 4.00. The van der Waals surface area contributed by atoms with Crippen molar-refractivity contribution in [1.82, 2.24) is 4.98 Å². The molecular formula is C14H10BrNOS. The Labute approximate surface area is 117 Å². The summed E-state index contributed by atoms with van der Waals surface area (Å²) in [6.45, 7) is 0. The van der Waals surface area contributed by atoms with Gasteiger partial charge in [0.25, 0.3) is 0 Å². The molecule has 4 heteroatoms. The molecule has 0 bridgehead atoms. The quantitative estimate of drug-likeness (QED) is 0.770. The zero-order chi connectivity index (χ0) is 12.5. The van der Waals surface area contributed by atoms with Gasteiger partial charge in [0, 0.05) is 11.6 Å². The lowest BCUT2D eigenvalue weighted by molar-refractivity contribution is 0.222. The van der Waals surface area contributed by atoms with E-state index in [1.54, 1.807) is 17.5 Å². The first-order valence-corrected chi connectivity index (χ1v) is 7.18. The lowest BCUT2D eigenvalue weighted by Crippen LogP contribution is -1.99. The molecule has 0 fully saturated rings. The number of thiophene rings is 1. The van der Waals surface area contributed by atoms with E-state index in [1.165, 1.54) is 0 Å². The van der Waals surface area contributed by atoms with E-state index >= 15 is 0 Å². The van der Waals surface area contributed by atoms with Crippen LogP contribution in [0.3, 0.4) is 0 Å². The number of aliphatic hydroxyl groups is 1. The fourth-order valence-electron chi connectivity index (χ4n) is 2.01. The summed E-state index contributed by atoms with van der Waals surface area (Å²) in [7, 11) is 0. The molecular weight excluding hydrogens is 310 g/mol. The van der Waals surface area contributed by atoms with Crippen molar-refractivity contribution >= 4 is 38.2 Å². The van der Waals surface area contributed by atoms with Gasteiger partial charge in [-0.3, -0.25) is 4.98 Å². The lowest BCUT2D eigenvalue weighted by Gasteiger charge is -2.12. The molecule has 1 aromatic carbocycles. The van der Waals surface area contributed by atoms with Crippen molar-refractivity contribution < 1.29 is 5.11 Å². The van der Waals surface area contributed by atoms with Crippen LogP contribution in [0.15, 0.2) is 51.8 Å². The number of nitrogens with zero attached hydrogens (tertiary/aromatic N) is 1. The smallest absolute Gasteiger partial charge is 0.106 e. The van der Waals surface area contributed by atoms with Gasteiger partial charge >= 0.3 is 0 Å². The SMILES string of the molecule is OC(c1csc(Br)c1)c1cccc2ncccc12. The Hall–Kier alpha value is -1.23. The second kappa shape index (κ2) is 4.80. The lowest BCUT2D eigenvalue weighted by atomic mass is 10.00. The Morgan fingerprint density at radius 1 is 1.22 bits per heavy atom. The summed E-state index contributed by atoms with van der Waals surface area (Å²) in [5.74, 6) is 0. The van der Waals surface area contributed by atoms with Crippen molar-refractivity contribution in [2.45, 2.75) is 6.10 Å². The highest BCUT2D eigenvalue weighted by atomic mass is 79.9. The summed E-state index contributed by atoms with van der Waals surface area (Å²) < 4.78 is 1.02. The van der Waals surface area contributed by atoms with E-state index in [0.717, 1.165) is 25.8 Å². The van der Waals surface area contributed by atoms with Gasteiger partial charge in [-0.05, 0) is 50.6 Å². The summed E-state index contributed by atoms with van der Waals surface area (Å²) in [4.78, 5) is 4.31. The molecule has 0 saturated heterocycles. The van der Waals surface area contributed by atoms with E-state index in [1.807, 2.05) is 41.8 Å². The molecule has 3 rings (SSSR count). The number of hydrogen-bond donors (Lipinski definition) is 1. The maximum Gasteiger partial charge on any atom is 0.106 e. The molecule has 0 radical (unpaired) electrons. The number of benzene rings is 1. The summed E-state index contributed by atoms with van der Waals surface area (Å²) >= 11 is 4.99. The third-order valence-corrected chi connectivity index (χ3v) is 4.40. The molecule has 0 amide bonds. The van der Waals surface area contributed by atoms with Gasteiger partial charge in [-0.1, -0.05) is 18.2 Å². The molecule has 2 nitrogen and oxygen atoms in total. The van der Waals surface area contributed by atoms with Gasteiger partial charge in [0.15, 0.2) is 0 Å². The van der Waals surface area contributed by atoms with Crippen LogP contribution in [0.2, 0.25) is 0 Å². The topological polar surface area (TPSA) is 33.1 Å². The number of pyridine rings is 1. The zero-order valence-corrected chi connectivity index (χ0v) is 11.8. The molecule has 2 aromatic heterocycles. The molecule has 90 valence electrons. The maximum absolute atomic E-state index is 10.5. The number of fused-ring (bicyclic) bond motifs is 1. The minimum atomic E-state index is -0.611. The first kappa shape index (κ1) is 11.8. The van der Waals surface area contributed by atoms with Crippen molar-refractivity contribution in [3.05, 3.63) is 62.9 Å².